The molecule has 2 atom stereocenters. The van der Waals surface area contributed by atoms with Crippen LogP contribution in [0.5, 0.6) is 11.5 Å². The van der Waals surface area contributed by atoms with Crippen molar-refractivity contribution in [2.45, 2.75) is 37.2 Å². The van der Waals surface area contributed by atoms with Crippen LogP contribution in [0.25, 0.3) is 0 Å². The van der Waals surface area contributed by atoms with Gasteiger partial charge in [-0.25, -0.2) is 13.2 Å². The summed E-state index contributed by atoms with van der Waals surface area (Å²) in [4.78, 5) is 0. The summed E-state index contributed by atoms with van der Waals surface area (Å²) in [5.74, 6) is -4.48. The number of hydrogen-bond acceptors (Lipinski definition) is 3. The maximum Gasteiger partial charge on any atom is 0.285 e. The van der Waals surface area contributed by atoms with Gasteiger partial charge in [-0.3, -0.25) is 0 Å². The van der Waals surface area contributed by atoms with Crippen molar-refractivity contribution in [2.24, 2.45) is 0 Å². The van der Waals surface area contributed by atoms with E-state index in [1.165, 1.54) is 38.5 Å². The molecule has 6 heteroatoms. The van der Waals surface area contributed by atoms with Gasteiger partial charge >= 0.3 is 0 Å². The third-order valence-electron chi connectivity index (χ3n) is 4.75. The lowest BCUT2D eigenvalue weighted by Crippen LogP contribution is -2.45. The first kappa shape index (κ1) is 21.1. The fraction of sp³-hybridized carbons (Fsp3) is 0.429. The number of rotatable bonds is 9. The molecule has 0 aromatic heterocycles. The molecule has 1 N–H and O–H groups in total. The summed E-state index contributed by atoms with van der Waals surface area (Å²) in [5, 5.41) is 11.4. The van der Waals surface area contributed by atoms with Crippen LogP contribution < -0.4 is 9.47 Å². The SMILES string of the molecule is CCCC(O)(c1ccc(OC)cc1)C(c1ccc(OC)cc1)C(F)(F)CF. The molecule has 0 aliphatic heterocycles. The molecule has 2 aromatic carbocycles. The predicted octanol–water partition coefficient (Wildman–Crippen LogP) is 5.08. The van der Waals surface area contributed by atoms with Gasteiger partial charge in [-0.2, -0.15) is 0 Å². The normalized spacial score (nSPS) is 15.1. The van der Waals surface area contributed by atoms with Crippen molar-refractivity contribution in [3.05, 3.63) is 59.7 Å². The molecule has 0 aliphatic rings. The van der Waals surface area contributed by atoms with E-state index in [1.54, 1.807) is 31.2 Å². The summed E-state index contributed by atoms with van der Waals surface area (Å²) in [6.07, 6.45) is 0.489. The second-order valence-electron chi connectivity index (χ2n) is 6.50. The van der Waals surface area contributed by atoms with Gasteiger partial charge in [0.2, 0.25) is 0 Å². The van der Waals surface area contributed by atoms with Crippen molar-refractivity contribution >= 4 is 0 Å². The number of methoxy groups -OCH3 is 2. The van der Waals surface area contributed by atoms with E-state index < -0.39 is 24.1 Å². The van der Waals surface area contributed by atoms with Crippen molar-refractivity contribution in [2.75, 3.05) is 20.9 Å². The summed E-state index contributed by atoms with van der Waals surface area (Å²) >= 11 is 0. The van der Waals surface area contributed by atoms with Gasteiger partial charge in [-0.05, 0) is 41.8 Å². The lowest BCUT2D eigenvalue weighted by atomic mass is 9.71. The van der Waals surface area contributed by atoms with Gasteiger partial charge in [0.1, 0.15) is 17.1 Å². The van der Waals surface area contributed by atoms with Crippen LogP contribution in [-0.2, 0) is 5.60 Å². The monoisotopic (exact) mass is 382 g/mol. The highest BCUT2D eigenvalue weighted by Crippen LogP contribution is 2.49. The third kappa shape index (κ3) is 4.38. The molecule has 2 aromatic rings. The minimum Gasteiger partial charge on any atom is -0.497 e. The average Bonchev–Trinajstić information content (AvgIpc) is 2.68. The summed E-state index contributed by atoms with van der Waals surface area (Å²) in [7, 11) is 2.96. The minimum absolute atomic E-state index is 0.0472. The fourth-order valence-electron chi connectivity index (χ4n) is 3.46. The molecule has 2 unspecified atom stereocenters. The predicted molar refractivity (Wildman–Crippen MR) is 98.5 cm³/mol. The Labute approximate surface area is 157 Å². The van der Waals surface area contributed by atoms with Gasteiger partial charge in [0.05, 0.1) is 20.1 Å². The van der Waals surface area contributed by atoms with Crippen molar-refractivity contribution < 1.29 is 27.8 Å². The van der Waals surface area contributed by atoms with Crippen LogP contribution in [0.4, 0.5) is 13.2 Å². The van der Waals surface area contributed by atoms with Crippen LogP contribution in [-0.4, -0.2) is 31.9 Å². The number of aliphatic hydroxyl groups is 1. The molecule has 0 fully saturated rings. The summed E-state index contributed by atoms with van der Waals surface area (Å²) in [5.41, 5.74) is -1.52. The van der Waals surface area contributed by atoms with Gasteiger partial charge in [-0.15, -0.1) is 0 Å². The van der Waals surface area contributed by atoms with E-state index >= 15 is 0 Å². The third-order valence-corrected chi connectivity index (χ3v) is 4.75. The summed E-state index contributed by atoms with van der Waals surface area (Å²) < 4.78 is 53.0. The molecule has 2 rings (SSSR count). The zero-order valence-electron chi connectivity index (χ0n) is 15.7. The molecule has 0 aliphatic carbocycles. The highest BCUT2D eigenvalue weighted by molar-refractivity contribution is 5.38. The van der Waals surface area contributed by atoms with E-state index in [0.717, 1.165) is 0 Å². The topological polar surface area (TPSA) is 38.7 Å². The molecule has 0 radical (unpaired) electrons. The second-order valence-corrected chi connectivity index (χ2v) is 6.50. The highest BCUT2D eigenvalue weighted by Gasteiger charge is 2.53. The molecule has 3 nitrogen and oxygen atoms in total. The Hall–Kier alpha value is -2.21. The van der Waals surface area contributed by atoms with Gasteiger partial charge < -0.3 is 14.6 Å². The average molecular weight is 382 g/mol. The number of alkyl halides is 3. The van der Waals surface area contributed by atoms with Gasteiger partial charge in [0.25, 0.3) is 5.92 Å². The quantitative estimate of drug-likeness (QED) is 0.657. The smallest absolute Gasteiger partial charge is 0.285 e. The van der Waals surface area contributed by atoms with Crippen LogP contribution in [0.1, 0.15) is 36.8 Å². The molecule has 0 spiro atoms. The van der Waals surface area contributed by atoms with Crippen molar-refractivity contribution in [1.82, 2.24) is 0 Å². The highest BCUT2D eigenvalue weighted by atomic mass is 19.3. The molecular formula is C21H25F3O3. The molecule has 0 saturated heterocycles. The first-order valence-electron chi connectivity index (χ1n) is 8.77. The molecule has 148 valence electrons. The number of hydrogen-bond donors (Lipinski definition) is 1. The lowest BCUT2D eigenvalue weighted by Gasteiger charge is -2.40. The Kier molecular flexibility index (Phi) is 6.76. The zero-order valence-corrected chi connectivity index (χ0v) is 15.7. The molecule has 27 heavy (non-hydrogen) atoms. The first-order chi connectivity index (χ1) is 12.8. The fourth-order valence-corrected chi connectivity index (χ4v) is 3.46. The van der Waals surface area contributed by atoms with Crippen LogP contribution >= 0.6 is 0 Å². The zero-order chi connectivity index (χ0) is 20.1. The van der Waals surface area contributed by atoms with Crippen LogP contribution in [0.3, 0.4) is 0 Å². The maximum absolute atomic E-state index is 14.7. The second kappa shape index (κ2) is 8.65. The van der Waals surface area contributed by atoms with Crippen molar-refractivity contribution in [1.29, 1.82) is 0 Å². The standard InChI is InChI=1S/C21H25F3O3/c1-4-13-20(25,16-7-11-18(27-3)12-8-16)19(21(23,24)14-22)15-5-9-17(26-2)10-6-15/h5-12,19,25H,4,13-14H2,1-3H3. The van der Waals surface area contributed by atoms with Crippen LogP contribution in [0.15, 0.2) is 48.5 Å². The molecule has 0 amide bonds. The summed E-state index contributed by atoms with van der Waals surface area (Å²) in [6, 6.07) is 12.2. The van der Waals surface area contributed by atoms with Gasteiger partial charge in [0.15, 0.2) is 6.67 Å². The molecule has 0 bridgehead atoms. The summed E-state index contributed by atoms with van der Waals surface area (Å²) in [6.45, 7) is -0.0843. The molecule has 0 saturated carbocycles. The van der Waals surface area contributed by atoms with E-state index in [-0.39, 0.29) is 12.0 Å². The largest absolute Gasteiger partial charge is 0.497 e. The molecule has 0 heterocycles. The van der Waals surface area contributed by atoms with E-state index in [1.807, 2.05) is 0 Å². The van der Waals surface area contributed by atoms with Crippen molar-refractivity contribution in [3.63, 3.8) is 0 Å². The van der Waals surface area contributed by atoms with Crippen LogP contribution in [0.2, 0.25) is 0 Å². The minimum atomic E-state index is -3.75. The van der Waals surface area contributed by atoms with E-state index in [0.29, 0.717) is 23.5 Å². The first-order valence-corrected chi connectivity index (χ1v) is 8.77. The maximum atomic E-state index is 14.7. The Morgan fingerprint density at radius 1 is 0.926 bits per heavy atom. The Morgan fingerprint density at radius 3 is 1.81 bits per heavy atom. The van der Waals surface area contributed by atoms with Gasteiger partial charge in [0, 0.05) is 0 Å². The van der Waals surface area contributed by atoms with E-state index in [9.17, 15) is 18.3 Å². The van der Waals surface area contributed by atoms with Crippen molar-refractivity contribution in [3.8, 4) is 11.5 Å². The Bertz CT molecular complexity index is 716. The number of halogens is 3. The Balaban J connectivity index is 2.62. The van der Waals surface area contributed by atoms with Gasteiger partial charge in [-0.1, -0.05) is 37.6 Å². The van der Waals surface area contributed by atoms with E-state index in [4.69, 9.17) is 9.47 Å². The molecular weight excluding hydrogens is 357 g/mol. The van der Waals surface area contributed by atoms with E-state index in [2.05, 4.69) is 0 Å². The van der Waals surface area contributed by atoms with Crippen LogP contribution in [0, 0.1) is 0 Å². The lowest BCUT2D eigenvalue weighted by molar-refractivity contribution is -0.132. The Morgan fingerprint density at radius 2 is 1.41 bits per heavy atom. The number of ether oxygens (including phenoxy) is 2. The number of benzene rings is 2.